The zero-order chi connectivity index (χ0) is 17.8. The molecule has 6 nitrogen and oxygen atoms in total. The van der Waals surface area contributed by atoms with Gasteiger partial charge in [-0.25, -0.2) is 0 Å². The quantitative estimate of drug-likeness (QED) is 0.416. The van der Waals surface area contributed by atoms with Gasteiger partial charge in [-0.3, -0.25) is 0 Å². The molecule has 0 aliphatic carbocycles. The first kappa shape index (κ1) is 18.1. The van der Waals surface area contributed by atoms with Crippen LogP contribution in [0.15, 0.2) is 45.3 Å². The summed E-state index contributed by atoms with van der Waals surface area (Å²) in [6.45, 7) is 0.164. The first-order valence-electron chi connectivity index (χ1n) is 6.91. The van der Waals surface area contributed by atoms with Crippen LogP contribution in [0.25, 0.3) is 0 Å². The number of benzene rings is 1. The Morgan fingerprint density at radius 2 is 2.04 bits per heavy atom. The molecular formula is C15H11Cl3N4O2S. The fraction of sp³-hybridized carbons (Fsp3) is 0.133. The zero-order valence-electron chi connectivity index (χ0n) is 12.8. The lowest BCUT2D eigenvalue weighted by Gasteiger charge is -2.08. The summed E-state index contributed by atoms with van der Waals surface area (Å²) in [4.78, 5) is 0. The molecule has 3 aromatic rings. The maximum atomic E-state index is 6.08. The Bertz CT molecular complexity index is 887. The van der Waals surface area contributed by atoms with E-state index in [0.29, 0.717) is 37.5 Å². The van der Waals surface area contributed by atoms with Crippen molar-refractivity contribution < 1.29 is 9.15 Å². The number of aromatic nitrogens is 3. The van der Waals surface area contributed by atoms with E-state index in [9.17, 15) is 0 Å². The van der Waals surface area contributed by atoms with Crippen LogP contribution in [-0.2, 0) is 6.61 Å². The number of nitrogens with zero attached hydrogens (tertiary/aromatic N) is 4. The summed E-state index contributed by atoms with van der Waals surface area (Å²) in [6, 6.07) is 6.68. The summed E-state index contributed by atoms with van der Waals surface area (Å²) >= 11 is 19.5. The maximum Gasteiger partial charge on any atom is 0.211 e. The normalized spacial score (nSPS) is 11.4. The fourth-order valence-electron chi connectivity index (χ4n) is 1.90. The van der Waals surface area contributed by atoms with Crippen molar-refractivity contribution in [1.29, 1.82) is 0 Å². The summed E-state index contributed by atoms with van der Waals surface area (Å²) in [5.74, 6) is 1.51. The molecule has 0 unspecified atom stereocenters. The average Bonchev–Trinajstić information content (AvgIpc) is 3.20. The standard InChI is InChI=1S/C15H11Cl3N4O2S/c1-25-15-21-19-8-22(15)20-6-10-2-3-11(24-10)7-23-14-12(17)4-9(16)5-13(14)18/h2-6,8H,7H2,1H3/b20-6-. The van der Waals surface area contributed by atoms with Gasteiger partial charge < -0.3 is 9.15 Å². The van der Waals surface area contributed by atoms with Crippen LogP contribution in [-0.4, -0.2) is 27.3 Å². The monoisotopic (exact) mass is 416 g/mol. The topological polar surface area (TPSA) is 65.4 Å². The summed E-state index contributed by atoms with van der Waals surface area (Å²) in [6.07, 6.45) is 4.97. The van der Waals surface area contributed by atoms with Crippen molar-refractivity contribution in [1.82, 2.24) is 14.9 Å². The molecule has 0 saturated carbocycles. The van der Waals surface area contributed by atoms with Crippen LogP contribution in [0.2, 0.25) is 15.1 Å². The first-order valence-corrected chi connectivity index (χ1v) is 9.27. The third-order valence-corrected chi connectivity index (χ3v) is 4.41. The van der Waals surface area contributed by atoms with Gasteiger partial charge in [-0.15, -0.1) is 10.2 Å². The van der Waals surface area contributed by atoms with E-state index in [1.807, 2.05) is 6.26 Å². The van der Waals surface area contributed by atoms with Gasteiger partial charge in [0.2, 0.25) is 5.16 Å². The van der Waals surface area contributed by atoms with Crippen LogP contribution >= 0.6 is 46.6 Å². The van der Waals surface area contributed by atoms with Crippen molar-refractivity contribution in [2.24, 2.45) is 5.10 Å². The molecule has 0 aliphatic rings. The molecule has 3 rings (SSSR count). The van der Waals surface area contributed by atoms with Crippen molar-refractivity contribution in [2.75, 3.05) is 6.26 Å². The fourth-order valence-corrected chi connectivity index (χ4v) is 3.24. The molecule has 0 fully saturated rings. The van der Waals surface area contributed by atoms with E-state index in [-0.39, 0.29) is 6.61 Å². The highest BCUT2D eigenvalue weighted by Crippen LogP contribution is 2.36. The summed E-state index contributed by atoms with van der Waals surface area (Å²) in [5, 5.41) is 13.7. The highest BCUT2D eigenvalue weighted by atomic mass is 35.5. The molecule has 0 atom stereocenters. The smallest absolute Gasteiger partial charge is 0.211 e. The number of furan rings is 1. The second-order valence-electron chi connectivity index (χ2n) is 4.70. The Labute approximate surface area is 162 Å². The molecule has 0 amide bonds. The Morgan fingerprint density at radius 3 is 2.76 bits per heavy atom. The van der Waals surface area contributed by atoms with Crippen LogP contribution in [0.4, 0.5) is 0 Å². The number of thioether (sulfide) groups is 1. The van der Waals surface area contributed by atoms with Crippen molar-refractivity contribution in [3.63, 3.8) is 0 Å². The summed E-state index contributed by atoms with van der Waals surface area (Å²) in [7, 11) is 0. The van der Waals surface area contributed by atoms with Crippen molar-refractivity contribution >= 4 is 52.8 Å². The zero-order valence-corrected chi connectivity index (χ0v) is 15.9. The molecule has 10 heteroatoms. The molecular weight excluding hydrogens is 407 g/mol. The van der Waals surface area contributed by atoms with Gasteiger partial charge in [-0.2, -0.15) is 9.78 Å². The molecule has 25 heavy (non-hydrogen) atoms. The van der Waals surface area contributed by atoms with E-state index in [4.69, 9.17) is 44.0 Å². The largest absolute Gasteiger partial charge is 0.483 e. The highest BCUT2D eigenvalue weighted by molar-refractivity contribution is 7.98. The van der Waals surface area contributed by atoms with Crippen LogP contribution in [0.3, 0.4) is 0 Å². The predicted octanol–water partition coefficient (Wildman–Crippen LogP) is 5.01. The second kappa shape index (κ2) is 8.14. The molecule has 130 valence electrons. The molecule has 0 radical (unpaired) electrons. The van der Waals surface area contributed by atoms with Gasteiger partial charge in [0.05, 0.1) is 16.3 Å². The van der Waals surface area contributed by atoms with E-state index in [0.717, 1.165) is 0 Å². The van der Waals surface area contributed by atoms with Crippen molar-refractivity contribution in [2.45, 2.75) is 11.8 Å². The third-order valence-electron chi connectivity index (χ3n) is 3.00. The Kier molecular flexibility index (Phi) is 5.90. The van der Waals surface area contributed by atoms with Crippen LogP contribution in [0.1, 0.15) is 11.5 Å². The van der Waals surface area contributed by atoms with Gasteiger partial charge in [0.1, 0.15) is 24.5 Å². The molecule has 0 spiro atoms. The minimum Gasteiger partial charge on any atom is -0.483 e. The van der Waals surface area contributed by atoms with E-state index in [1.165, 1.54) is 18.1 Å². The van der Waals surface area contributed by atoms with Crippen LogP contribution in [0, 0.1) is 0 Å². The lowest BCUT2D eigenvalue weighted by atomic mass is 10.3. The van der Waals surface area contributed by atoms with Gasteiger partial charge in [0, 0.05) is 5.02 Å². The van der Waals surface area contributed by atoms with Gasteiger partial charge in [-0.1, -0.05) is 46.6 Å². The van der Waals surface area contributed by atoms with E-state index >= 15 is 0 Å². The molecule has 0 saturated heterocycles. The molecule has 0 aliphatic heterocycles. The third kappa shape index (κ3) is 4.49. The van der Waals surface area contributed by atoms with E-state index in [2.05, 4.69) is 15.3 Å². The van der Waals surface area contributed by atoms with Gasteiger partial charge >= 0.3 is 0 Å². The number of hydrogen-bond acceptors (Lipinski definition) is 6. The van der Waals surface area contributed by atoms with E-state index in [1.54, 1.807) is 35.2 Å². The minimum absolute atomic E-state index is 0.164. The number of hydrogen-bond donors (Lipinski definition) is 0. The molecule has 0 N–H and O–H groups in total. The van der Waals surface area contributed by atoms with Gasteiger partial charge in [0.25, 0.3) is 0 Å². The number of halogens is 3. The first-order chi connectivity index (χ1) is 12.1. The van der Waals surface area contributed by atoms with Crippen molar-refractivity contribution in [3.05, 3.63) is 57.2 Å². The lowest BCUT2D eigenvalue weighted by molar-refractivity contribution is 0.270. The van der Waals surface area contributed by atoms with Gasteiger partial charge in [-0.05, 0) is 30.5 Å². The maximum absolute atomic E-state index is 6.08. The SMILES string of the molecule is CSc1nncn1/N=C\c1ccc(COc2c(Cl)cc(Cl)cc2Cl)o1. The van der Waals surface area contributed by atoms with E-state index < -0.39 is 0 Å². The van der Waals surface area contributed by atoms with Crippen molar-refractivity contribution in [3.8, 4) is 5.75 Å². The highest BCUT2D eigenvalue weighted by Gasteiger charge is 2.10. The predicted molar refractivity (Wildman–Crippen MR) is 99.3 cm³/mol. The Balaban J connectivity index is 1.66. The average molecular weight is 418 g/mol. The molecule has 2 heterocycles. The van der Waals surface area contributed by atoms with Crippen LogP contribution < -0.4 is 4.74 Å². The minimum atomic E-state index is 0.164. The number of ether oxygens (including phenoxy) is 1. The second-order valence-corrected chi connectivity index (χ2v) is 6.72. The molecule has 1 aromatic carbocycles. The Morgan fingerprint density at radius 1 is 1.28 bits per heavy atom. The Hall–Kier alpha value is -1.67. The summed E-state index contributed by atoms with van der Waals surface area (Å²) in [5.41, 5.74) is 0. The number of rotatable bonds is 6. The lowest BCUT2D eigenvalue weighted by Crippen LogP contribution is -1.95. The molecule has 0 bridgehead atoms. The van der Waals surface area contributed by atoms with Gasteiger partial charge in [0.15, 0.2) is 5.75 Å². The molecule has 2 aromatic heterocycles. The summed E-state index contributed by atoms with van der Waals surface area (Å²) < 4.78 is 12.8. The van der Waals surface area contributed by atoms with Crippen LogP contribution in [0.5, 0.6) is 5.75 Å².